The molecule has 0 bridgehead atoms. The van der Waals surface area contributed by atoms with Crippen LogP contribution in [0.5, 0.6) is 0 Å². The molecule has 0 aliphatic carbocycles. The minimum Gasteiger partial charge on any atom is -0.463 e. The van der Waals surface area contributed by atoms with Crippen LogP contribution in [0.1, 0.15) is 19.8 Å². The van der Waals surface area contributed by atoms with Crippen molar-refractivity contribution in [2.75, 3.05) is 6.61 Å². The van der Waals surface area contributed by atoms with Gasteiger partial charge in [-0.15, -0.1) is 23.2 Å². The molecule has 0 aromatic rings. The maximum Gasteiger partial charge on any atom is 0.425 e. The molecular formula is C9H11Cl2F3O4. The lowest BCUT2D eigenvalue weighted by Crippen LogP contribution is -2.31. The maximum atomic E-state index is 12.0. The standard InChI is InChI=1S/C9H11Cl2F3O4/c1-5(9(12,13)14)18-8(16)3-2-7(15)17-4-6(10)11/h5-6H,2-4H2,1H3. The topological polar surface area (TPSA) is 52.6 Å². The Morgan fingerprint density at radius 3 is 2.11 bits per heavy atom. The molecule has 0 saturated heterocycles. The molecule has 0 rings (SSSR count). The fourth-order valence-electron chi connectivity index (χ4n) is 0.755. The average molecular weight is 311 g/mol. The van der Waals surface area contributed by atoms with Gasteiger partial charge in [-0.25, -0.2) is 0 Å². The van der Waals surface area contributed by atoms with Gasteiger partial charge in [0.05, 0.1) is 12.8 Å². The summed E-state index contributed by atoms with van der Waals surface area (Å²) in [4.78, 5) is 21.0. The minimum atomic E-state index is -4.62. The summed E-state index contributed by atoms with van der Waals surface area (Å²) in [5.41, 5.74) is 0. The maximum absolute atomic E-state index is 12.0. The van der Waals surface area contributed by atoms with E-state index in [0.29, 0.717) is 6.92 Å². The Hall–Kier alpha value is -0.690. The zero-order valence-corrected chi connectivity index (χ0v) is 10.8. The number of alkyl halides is 5. The van der Waals surface area contributed by atoms with Gasteiger partial charge >= 0.3 is 18.1 Å². The van der Waals surface area contributed by atoms with Crippen molar-refractivity contribution in [3.05, 3.63) is 0 Å². The molecule has 9 heteroatoms. The second kappa shape index (κ2) is 7.68. The van der Waals surface area contributed by atoms with Crippen LogP contribution in [0.2, 0.25) is 0 Å². The highest BCUT2D eigenvalue weighted by molar-refractivity contribution is 6.44. The van der Waals surface area contributed by atoms with Gasteiger partial charge in [-0.2, -0.15) is 13.2 Å². The largest absolute Gasteiger partial charge is 0.463 e. The Bertz CT molecular complexity index is 294. The summed E-state index contributed by atoms with van der Waals surface area (Å²) in [6, 6.07) is 0. The zero-order chi connectivity index (χ0) is 14.3. The second-order valence-electron chi connectivity index (χ2n) is 3.25. The van der Waals surface area contributed by atoms with Crippen molar-refractivity contribution in [1.82, 2.24) is 0 Å². The normalized spacial score (nSPS) is 13.3. The van der Waals surface area contributed by atoms with Crippen LogP contribution in [0.15, 0.2) is 0 Å². The Morgan fingerprint density at radius 2 is 1.67 bits per heavy atom. The number of rotatable bonds is 6. The van der Waals surface area contributed by atoms with Crippen LogP contribution < -0.4 is 0 Å². The first-order valence-corrected chi connectivity index (χ1v) is 5.70. The van der Waals surface area contributed by atoms with E-state index in [2.05, 4.69) is 9.47 Å². The van der Waals surface area contributed by atoms with E-state index < -0.39 is 41.9 Å². The van der Waals surface area contributed by atoms with Gasteiger partial charge in [0.15, 0.2) is 6.10 Å². The lowest BCUT2D eigenvalue weighted by atomic mass is 10.3. The quantitative estimate of drug-likeness (QED) is 0.559. The molecule has 0 aliphatic rings. The Kier molecular flexibility index (Phi) is 7.39. The van der Waals surface area contributed by atoms with Crippen molar-refractivity contribution in [2.45, 2.75) is 36.9 Å². The molecule has 0 amide bonds. The molecule has 0 N–H and O–H groups in total. The summed E-state index contributed by atoms with van der Waals surface area (Å²) in [5, 5.41) is 0. The first kappa shape index (κ1) is 17.3. The van der Waals surface area contributed by atoms with Crippen molar-refractivity contribution in [2.24, 2.45) is 0 Å². The highest BCUT2D eigenvalue weighted by Gasteiger charge is 2.39. The fraction of sp³-hybridized carbons (Fsp3) is 0.778. The van der Waals surface area contributed by atoms with Crippen molar-refractivity contribution >= 4 is 35.1 Å². The predicted octanol–water partition coefficient (Wildman–Crippen LogP) is 2.61. The monoisotopic (exact) mass is 310 g/mol. The van der Waals surface area contributed by atoms with Crippen LogP contribution in [0.3, 0.4) is 0 Å². The first-order valence-electron chi connectivity index (χ1n) is 4.83. The molecule has 0 saturated carbocycles. The molecule has 0 spiro atoms. The Balaban J connectivity index is 3.87. The molecule has 0 fully saturated rings. The number of carbonyl (C=O) groups excluding carboxylic acids is 2. The number of ether oxygens (including phenoxy) is 2. The number of hydrogen-bond acceptors (Lipinski definition) is 4. The second-order valence-corrected chi connectivity index (χ2v) is 4.52. The van der Waals surface area contributed by atoms with Crippen LogP contribution in [0.25, 0.3) is 0 Å². The van der Waals surface area contributed by atoms with E-state index >= 15 is 0 Å². The summed E-state index contributed by atoms with van der Waals surface area (Å²) >= 11 is 10.6. The Morgan fingerprint density at radius 1 is 1.17 bits per heavy atom. The van der Waals surface area contributed by atoms with Crippen molar-refractivity contribution < 1.29 is 32.2 Å². The van der Waals surface area contributed by atoms with Crippen LogP contribution in [0, 0.1) is 0 Å². The van der Waals surface area contributed by atoms with Gasteiger partial charge < -0.3 is 9.47 Å². The molecule has 0 aliphatic heterocycles. The third-order valence-electron chi connectivity index (χ3n) is 1.67. The molecule has 18 heavy (non-hydrogen) atoms. The first-order chi connectivity index (χ1) is 8.12. The van der Waals surface area contributed by atoms with E-state index in [4.69, 9.17) is 23.2 Å². The van der Waals surface area contributed by atoms with Gasteiger partial charge in [-0.1, -0.05) is 0 Å². The molecule has 0 aromatic heterocycles. The van der Waals surface area contributed by atoms with Crippen molar-refractivity contribution in [1.29, 1.82) is 0 Å². The van der Waals surface area contributed by atoms with Gasteiger partial charge in [-0.05, 0) is 6.92 Å². The van der Waals surface area contributed by atoms with E-state index in [1.165, 1.54) is 0 Å². The molecule has 0 radical (unpaired) electrons. The van der Waals surface area contributed by atoms with Gasteiger partial charge in [-0.3, -0.25) is 9.59 Å². The fourth-order valence-corrected chi connectivity index (χ4v) is 0.881. The number of hydrogen-bond donors (Lipinski definition) is 0. The molecular weight excluding hydrogens is 300 g/mol. The van der Waals surface area contributed by atoms with Gasteiger partial charge in [0.2, 0.25) is 0 Å². The lowest BCUT2D eigenvalue weighted by molar-refractivity contribution is -0.216. The minimum absolute atomic E-state index is 0.254. The number of esters is 2. The Labute approximate surface area is 111 Å². The van der Waals surface area contributed by atoms with Gasteiger partial charge in [0.1, 0.15) is 11.4 Å². The third kappa shape index (κ3) is 8.41. The smallest absolute Gasteiger partial charge is 0.425 e. The summed E-state index contributed by atoms with van der Waals surface area (Å²) < 4.78 is 44.6. The molecule has 0 aromatic carbocycles. The van der Waals surface area contributed by atoms with Crippen LogP contribution in [-0.2, 0) is 19.1 Å². The summed E-state index contributed by atoms with van der Waals surface area (Å²) in [6.07, 6.45) is -7.74. The van der Waals surface area contributed by atoms with Gasteiger partial charge in [0.25, 0.3) is 0 Å². The molecule has 4 nitrogen and oxygen atoms in total. The van der Waals surface area contributed by atoms with E-state index in [0.717, 1.165) is 0 Å². The average Bonchev–Trinajstić information content (AvgIpc) is 2.22. The third-order valence-corrected chi connectivity index (χ3v) is 1.92. The molecule has 1 atom stereocenters. The van der Waals surface area contributed by atoms with E-state index in [1.807, 2.05) is 0 Å². The zero-order valence-electron chi connectivity index (χ0n) is 9.30. The number of halogens is 5. The molecule has 0 heterocycles. The summed E-state index contributed by atoms with van der Waals surface area (Å²) in [6.45, 7) is 0.442. The highest BCUT2D eigenvalue weighted by Crippen LogP contribution is 2.22. The van der Waals surface area contributed by atoms with Crippen molar-refractivity contribution in [3.63, 3.8) is 0 Å². The molecule has 1 unspecified atom stereocenters. The van der Waals surface area contributed by atoms with Crippen molar-refractivity contribution in [3.8, 4) is 0 Å². The van der Waals surface area contributed by atoms with Crippen LogP contribution in [0.4, 0.5) is 13.2 Å². The van der Waals surface area contributed by atoms with Crippen LogP contribution in [-0.4, -0.2) is 35.7 Å². The van der Waals surface area contributed by atoms with Gasteiger partial charge in [0, 0.05) is 0 Å². The molecule has 106 valence electrons. The highest BCUT2D eigenvalue weighted by atomic mass is 35.5. The SMILES string of the molecule is CC(OC(=O)CCC(=O)OCC(Cl)Cl)C(F)(F)F. The lowest BCUT2D eigenvalue weighted by Gasteiger charge is -2.16. The summed E-state index contributed by atoms with van der Waals surface area (Å²) in [7, 11) is 0. The van der Waals surface area contributed by atoms with E-state index in [1.54, 1.807) is 0 Å². The predicted molar refractivity (Wildman–Crippen MR) is 57.3 cm³/mol. The summed E-state index contributed by atoms with van der Waals surface area (Å²) in [5.74, 6) is -1.93. The van der Waals surface area contributed by atoms with E-state index in [9.17, 15) is 22.8 Å². The van der Waals surface area contributed by atoms with E-state index in [-0.39, 0.29) is 6.61 Å². The van der Waals surface area contributed by atoms with Crippen LogP contribution >= 0.6 is 23.2 Å². The number of carbonyl (C=O) groups is 2.